The third-order valence-electron chi connectivity index (χ3n) is 3.80. The van der Waals surface area contributed by atoms with Crippen molar-refractivity contribution in [1.82, 2.24) is 10.2 Å². The van der Waals surface area contributed by atoms with Crippen molar-refractivity contribution < 1.29 is 9.21 Å². The molecule has 1 atom stereocenters. The van der Waals surface area contributed by atoms with E-state index in [1.165, 1.54) is 0 Å². The Morgan fingerprint density at radius 3 is 2.91 bits per heavy atom. The van der Waals surface area contributed by atoms with Gasteiger partial charge in [-0.1, -0.05) is 0 Å². The van der Waals surface area contributed by atoms with E-state index in [9.17, 15) is 4.79 Å². The van der Waals surface area contributed by atoms with Crippen LogP contribution in [0, 0.1) is 0 Å². The van der Waals surface area contributed by atoms with E-state index in [1.807, 2.05) is 40.7 Å². The molecule has 0 aliphatic carbocycles. The van der Waals surface area contributed by atoms with Gasteiger partial charge >= 0.3 is 0 Å². The van der Waals surface area contributed by atoms with E-state index in [-0.39, 0.29) is 11.9 Å². The zero-order valence-corrected chi connectivity index (χ0v) is 14.0. The van der Waals surface area contributed by atoms with Crippen LogP contribution in [0.2, 0.25) is 0 Å². The monoisotopic (exact) mass is 336 g/mol. The number of amides is 1. The van der Waals surface area contributed by atoms with E-state index in [4.69, 9.17) is 4.42 Å². The first-order valence-electron chi connectivity index (χ1n) is 7.46. The van der Waals surface area contributed by atoms with Gasteiger partial charge in [-0.25, -0.2) is 0 Å². The lowest BCUT2D eigenvalue weighted by atomic mass is 10.1. The summed E-state index contributed by atoms with van der Waals surface area (Å²) in [5.74, 6) is 3.28. The number of furan rings is 1. The van der Waals surface area contributed by atoms with Gasteiger partial charge in [-0.3, -0.25) is 9.69 Å². The minimum absolute atomic E-state index is 0.0707. The molecule has 0 unspecified atom stereocenters. The first-order valence-corrected chi connectivity index (χ1v) is 9.55. The summed E-state index contributed by atoms with van der Waals surface area (Å²) in [4.78, 5) is 14.5. The first kappa shape index (κ1) is 15.6. The summed E-state index contributed by atoms with van der Waals surface area (Å²) in [6, 6.07) is 6.03. The van der Waals surface area contributed by atoms with Crippen molar-refractivity contribution in [3.05, 3.63) is 46.5 Å². The lowest BCUT2D eigenvalue weighted by Gasteiger charge is -2.33. The predicted octanol–water partition coefficient (Wildman–Crippen LogP) is 2.79. The predicted molar refractivity (Wildman–Crippen MR) is 91.4 cm³/mol. The summed E-state index contributed by atoms with van der Waals surface area (Å²) in [7, 11) is 0. The molecule has 4 nitrogen and oxygen atoms in total. The van der Waals surface area contributed by atoms with E-state index < -0.39 is 0 Å². The number of nitrogens with zero attached hydrogens (tertiary/aromatic N) is 1. The smallest absolute Gasteiger partial charge is 0.224 e. The molecule has 22 heavy (non-hydrogen) atoms. The molecule has 0 spiro atoms. The number of thiophene rings is 1. The van der Waals surface area contributed by atoms with E-state index in [0.29, 0.717) is 13.0 Å². The van der Waals surface area contributed by atoms with Crippen molar-refractivity contribution in [2.24, 2.45) is 0 Å². The van der Waals surface area contributed by atoms with Crippen molar-refractivity contribution >= 4 is 29.0 Å². The lowest BCUT2D eigenvalue weighted by Crippen LogP contribution is -2.42. The third-order valence-corrected chi connectivity index (χ3v) is 5.47. The number of thioether (sulfide) groups is 1. The van der Waals surface area contributed by atoms with Crippen molar-refractivity contribution in [2.45, 2.75) is 12.5 Å². The fourth-order valence-corrected chi connectivity index (χ4v) is 4.23. The second kappa shape index (κ2) is 7.85. The van der Waals surface area contributed by atoms with Crippen LogP contribution >= 0.6 is 23.1 Å². The highest BCUT2D eigenvalue weighted by Gasteiger charge is 2.25. The van der Waals surface area contributed by atoms with Gasteiger partial charge in [-0.05, 0) is 34.5 Å². The topological polar surface area (TPSA) is 45.5 Å². The first-order chi connectivity index (χ1) is 10.8. The number of carbonyl (C=O) groups excluding carboxylic acids is 1. The molecule has 1 saturated heterocycles. The number of carbonyl (C=O) groups is 1. The molecule has 6 heteroatoms. The van der Waals surface area contributed by atoms with Crippen molar-refractivity contribution in [3.8, 4) is 0 Å². The quantitative estimate of drug-likeness (QED) is 0.881. The maximum atomic E-state index is 12.1. The number of hydrogen-bond donors (Lipinski definition) is 1. The van der Waals surface area contributed by atoms with E-state index in [2.05, 4.69) is 10.2 Å². The maximum Gasteiger partial charge on any atom is 0.224 e. The van der Waals surface area contributed by atoms with Crippen LogP contribution in [0.1, 0.15) is 17.4 Å². The second-order valence-corrected chi connectivity index (χ2v) is 7.30. The molecule has 118 valence electrons. The minimum Gasteiger partial charge on any atom is -0.468 e. The minimum atomic E-state index is 0.0707. The normalized spacial score (nSPS) is 17.3. The highest BCUT2D eigenvalue weighted by atomic mass is 32.2. The van der Waals surface area contributed by atoms with Crippen LogP contribution in [0.3, 0.4) is 0 Å². The molecule has 1 aliphatic rings. The average Bonchev–Trinajstić information content (AvgIpc) is 3.22. The molecule has 0 radical (unpaired) electrons. The molecule has 0 saturated carbocycles. The Morgan fingerprint density at radius 1 is 1.36 bits per heavy atom. The zero-order chi connectivity index (χ0) is 15.2. The Bertz CT molecular complexity index is 563. The van der Waals surface area contributed by atoms with Gasteiger partial charge in [0.05, 0.1) is 18.7 Å². The van der Waals surface area contributed by atoms with Gasteiger partial charge in [0.1, 0.15) is 5.76 Å². The summed E-state index contributed by atoms with van der Waals surface area (Å²) >= 11 is 3.60. The largest absolute Gasteiger partial charge is 0.468 e. The van der Waals surface area contributed by atoms with Gasteiger partial charge in [0.25, 0.3) is 0 Å². The molecule has 1 fully saturated rings. The standard InChI is InChI=1S/C16H20N2O2S2/c19-16(10-13-3-7-22-12-13)17-11-14(15-2-1-6-20-15)18-4-8-21-9-5-18/h1-3,6-7,12,14H,4-5,8-11H2,(H,17,19)/t14-/m1/s1. The van der Waals surface area contributed by atoms with Gasteiger partial charge in [0, 0.05) is 31.1 Å². The third kappa shape index (κ3) is 4.15. The Balaban J connectivity index is 1.59. The zero-order valence-electron chi connectivity index (χ0n) is 12.4. The molecule has 1 amide bonds. The van der Waals surface area contributed by atoms with Crippen LogP contribution in [-0.2, 0) is 11.2 Å². The maximum absolute atomic E-state index is 12.1. The van der Waals surface area contributed by atoms with Gasteiger partial charge in [0.2, 0.25) is 5.91 Å². The van der Waals surface area contributed by atoms with Crippen LogP contribution in [0.4, 0.5) is 0 Å². The molecule has 2 aromatic heterocycles. The number of hydrogen-bond acceptors (Lipinski definition) is 5. The summed E-state index contributed by atoms with van der Waals surface area (Å²) in [6.07, 6.45) is 2.15. The number of nitrogens with one attached hydrogen (secondary N) is 1. The Kier molecular flexibility index (Phi) is 5.58. The van der Waals surface area contributed by atoms with Gasteiger partial charge in [-0.15, -0.1) is 0 Å². The second-order valence-electron chi connectivity index (χ2n) is 5.29. The van der Waals surface area contributed by atoms with E-state index >= 15 is 0 Å². The van der Waals surface area contributed by atoms with Gasteiger partial charge in [-0.2, -0.15) is 23.1 Å². The summed E-state index contributed by atoms with van der Waals surface area (Å²) in [6.45, 7) is 2.67. The molecular weight excluding hydrogens is 316 g/mol. The van der Waals surface area contributed by atoms with Crippen LogP contribution in [0.25, 0.3) is 0 Å². The molecule has 0 aromatic carbocycles. The fourth-order valence-electron chi connectivity index (χ4n) is 2.63. The molecule has 2 aromatic rings. The SMILES string of the molecule is O=C(Cc1ccsc1)NC[C@H](c1ccco1)N1CCSCC1. The van der Waals surface area contributed by atoms with Crippen LogP contribution in [0.15, 0.2) is 39.6 Å². The highest BCUT2D eigenvalue weighted by molar-refractivity contribution is 7.99. The van der Waals surface area contributed by atoms with E-state index in [0.717, 1.165) is 35.9 Å². The summed E-state index contributed by atoms with van der Waals surface area (Å²) in [5.41, 5.74) is 1.08. The highest BCUT2D eigenvalue weighted by Crippen LogP contribution is 2.24. The molecule has 3 rings (SSSR count). The van der Waals surface area contributed by atoms with Crippen LogP contribution in [0.5, 0.6) is 0 Å². The fraction of sp³-hybridized carbons (Fsp3) is 0.438. The Labute approximate surface area is 138 Å². The molecule has 3 heterocycles. The lowest BCUT2D eigenvalue weighted by molar-refractivity contribution is -0.120. The number of rotatable bonds is 6. The average molecular weight is 336 g/mol. The Hall–Kier alpha value is -1.24. The Morgan fingerprint density at radius 2 is 2.23 bits per heavy atom. The van der Waals surface area contributed by atoms with Gasteiger partial charge < -0.3 is 9.73 Å². The van der Waals surface area contributed by atoms with Gasteiger partial charge in [0.15, 0.2) is 0 Å². The molecular formula is C16H20N2O2S2. The summed E-state index contributed by atoms with van der Waals surface area (Å²) < 4.78 is 5.59. The van der Waals surface area contributed by atoms with Crippen LogP contribution in [-0.4, -0.2) is 41.9 Å². The van der Waals surface area contributed by atoms with Crippen LogP contribution < -0.4 is 5.32 Å². The van der Waals surface area contributed by atoms with Crippen molar-refractivity contribution in [1.29, 1.82) is 0 Å². The van der Waals surface area contributed by atoms with Crippen molar-refractivity contribution in [3.63, 3.8) is 0 Å². The van der Waals surface area contributed by atoms with Crippen molar-refractivity contribution in [2.75, 3.05) is 31.1 Å². The van der Waals surface area contributed by atoms with E-state index in [1.54, 1.807) is 17.6 Å². The summed E-state index contributed by atoms with van der Waals surface area (Å²) in [5, 5.41) is 7.08. The molecule has 1 N–H and O–H groups in total. The molecule has 1 aliphatic heterocycles. The molecule has 0 bridgehead atoms.